The van der Waals surface area contributed by atoms with Gasteiger partial charge in [-0.05, 0) is 88.2 Å². The normalized spacial score (nSPS) is 11.2. The molecule has 15 rings (SSSR count). The molecule has 0 fully saturated rings. The second kappa shape index (κ2) is 20.5. The van der Waals surface area contributed by atoms with Crippen molar-refractivity contribution in [2.75, 3.05) is 0 Å². The maximum atomic E-state index is 6.28. The summed E-state index contributed by atoms with van der Waals surface area (Å²) < 4.78 is 22.3. The number of ether oxygens (including phenoxy) is 2. The molecule has 0 spiro atoms. The fraction of sp³-hybridized carbons (Fsp3) is 0. The molecule has 15 aromatic rings. The van der Waals surface area contributed by atoms with Crippen molar-refractivity contribution in [3.05, 3.63) is 243 Å². The Morgan fingerprint density at radius 3 is 1.45 bits per heavy atom. The van der Waals surface area contributed by atoms with Gasteiger partial charge in [0.2, 0.25) is 0 Å². The van der Waals surface area contributed by atoms with Crippen LogP contribution in [0, 0.1) is 24.3 Å². The zero-order valence-corrected chi connectivity index (χ0v) is 45.0. The van der Waals surface area contributed by atoms with Crippen LogP contribution >= 0.6 is 11.3 Å². The van der Waals surface area contributed by atoms with Crippen molar-refractivity contribution in [3.8, 4) is 51.8 Å². The molecule has 0 saturated carbocycles. The Hall–Kier alpha value is -8.73. The number of para-hydroxylation sites is 2. The number of fused-ring (bicyclic) bond motifs is 8. The molecule has 0 unspecified atom stereocenters. The Morgan fingerprint density at radius 2 is 0.908 bits per heavy atom. The molecule has 15 heteroatoms. The van der Waals surface area contributed by atoms with Gasteiger partial charge < -0.3 is 18.6 Å². The van der Waals surface area contributed by atoms with Gasteiger partial charge in [-0.15, -0.1) is 82.8 Å². The van der Waals surface area contributed by atoms with Crippen molar-refractivity contribution in [3.63, 3.8) is 0 Å². The molecule has 76 heavy (non-hydrogen) atoms. The Labute approximate surface area is 467 Å². The zero-order chi connectivity index (χ0) is 49.0. The van der Waals surface area contributed by atoms with Gasteiger partial charge in [0, 0.05) is 82.0 Å². The standard InChI is InChI=1S/C33H20N6O.C28H16N4OS.2Pt/c1-2-11-29-27(10-1)28-15-14-26(21-30(28)39(29)32-13-4-6-18-35-32)40-25-9-7-8-24(20-25)38-22-23-16-19-37(33(23)36-38)31-12-3-5-17-34-31;1-2-9-25-23(8-1)24-12-11-22(17-26(24)32(25)27-10-3-4-14-29-27)33-21-7-5-6-20(16-21)31-18-19-13-15-34-28(19)30-31;;/h1-19,22H;1-15,18H;;/q2*-2;2*+2. The first kappa shape index (κ1) is 48.2. The van der Waals surface area contributed by atoms with E-state index in [1.807, 2.05) is 165 Å². The minimum absolute atomic E-state index is 0. The second-order valence-electron chi connectivity index (χ2n) is 17.2. The molecule has 0 amide bonds. The van der Waals surface area contributed by atoms with Gasteiger partial charge in [-0.1, -0.05) is 65.6 Å². The molecule has 0 saturated heterocycles. The molecular weight excluding hydrogens is 1330 g/mol. The van der Waals surface area contributed by atoms with E-state index in [2.05, 4.69) is 102 Å². The van der Waals surface area contributed by atoms with Crippen LogP contribution < -0.4 is 9.47 Å². The predicted molar refractivity (Wildman–Crippen MR) is 290 cm³/mol. The van der Waals surface area contributed by atoms with Gasteiger partial charge in [0.1, 0.15) is 22.3 Å². The van der Waals surface area contributed by atoms with Crippen molar-refractivity contribution in [1.29, 1.82) is 0 Å². The summed E-state index contributed by atoms with van der Waals surface area (Å²) >= 11 is 1.62. The second-order valence-corrected chi connectivity index (χ2v) is 18.1. The molecule has 0 atom stereocenters. The van der Waals surface area contributed by atoms with E-state index in [-0.39, 0.29) is 42.1 Å². The van der Waals surface area contributed by atoms with Gasteiger partial charge >= 0.3 is 42.1 Å². The quantitative estimate of drug-likeness (QED) is 0.132. The molecule has 6 aromatic carbocycles. The summed E-state index contributed by atoms with van der Waals surface area (Å²) in [7, 11) is 0. The predicted octanol–water partition coefficient (Wildman–Crippen LogP) is 14.1. The van der Waals surface area contributed by atoms with Crippen LogP contribution in [0.3, 0.4) is 0 Å². The number of benzene rings is 6. The first-order valence-corrected chi connectivity index (χ1v) is 24.6. The van der Waals surface area contributed by atoms with Crippen molar-refractivity contribution in [1.82, 2.24) is 48.2 Å². The zero-order valence-electron chi connectivity index (χ0n) is 39.6. The molecule has 0 aliphatic rings. The van der Waals surface area contributed by atoms with E-state index < -0.39 is 0 Å². The monoisotopic (exact) mass is 1360 g/mol. The van der Waals surface area contributed by atoms with E-state index in [0.29, 0.717) is 23.0 Å². The van der Waals surface area contributed by atoms with E-state index in [1.54, 1.807) is 29.9 Å². The number of hydrogen-bond donors (Lipinski definition) is 0. The van der Waals surface area contributed by atoms with Crippen molar-refractivity contribution < 1.29 is 51.6 Å². The Morgan fingerprint density at radius 1 is 0.408 bits per heavy atom. The van der Waals surface area contributed by atoms with Crippen LogP contribution in [0.1, 0.15) is 0 Å². The third-order valence-electron chi connectivity index (χ3n) is 12.7. The van der Waals surface area contributed by atoms with Crippen LogP contribution in [-0.4, -0.2) is 48.2 Å². The average Bonchev–Trinajstić information content (AvgIpc) is 4.34. The van der Waals surface area contributed by atoms with Crippen LogP contribution in [0.15, 0.2) is 218 Å². The number of aromatic nitrogens is 10. The Kier molecular flexibility index (Phi) is 13.0. The fourth-order valence-corrected chi connectivity index (χ4v) is 10.1. The SMILES string of the molecule is [Pt+2].[Pt+2].[c-]1c(Oc2[c-]c3c(cc2)c2ccccc2n3-c2ccccn2)cccc1-n1cc2ccn(-c3ccccn3)c2n1.[c-]1c(Oc2[c-]c3c(cc2)c2ccccc2n3-c2ccccn2)cccc1-n1cc2ccsc2n1. The van der Waals surface area contributed by atoms with E-state index in [4.69, 9.17) is 14.6 Å². The Bertz CT molecular complexity index is 4500. The summed E-state index contributed by atoms with van der Waals surface area (Å²) in [6.07, 6.45) is 11.3. The van der Waals surface area contributed by atoms with E-state index >= 15 is 0 Å². The van der Waals surface area contributed by atoms with E-state index in [0.717, 1.165) is 93.7 Å². The van der Waals surface area contributed by atoms with Gasteiger partial charge in [0.25, 0.3) is 0 Å². The number of pyridine rings is 3. The minimum atomic E-state index is 0. The molecule has 0 radical (unpaired) electrons. The largest absolute Gasteiger partial charge is 2.00 e. The van der Waals surface area contributed by atoms with E-state index in [9.17, 15) is 0 Å². The molecule has 0 aliphatic heterocycles. The maximum absolute atomic E-state index is 6.28. The van der Waals surface area contributed by atoms with Crippen LogP contribution in [0.4, 0.5) is 0 Å². The van der Waals surface area contributed by atoms with Gasteiger partial charge in [-0.25, -0.2) is 15.0 Å². The van der Waals surface area contributed by atoms with Crippen molar-refractivity contribution >= 4 is 76.2 Å². The van der Waals surface area contributed by atoms with Gasteiger partial charge in [-0.3, -0.25) is 13.9 Å². The molecule has 12 nitrogen and oxygen atoms in total. The summed E-state index contributed by atoms with van der Waals surface area (Å²) in [5, 5.41) is 18.1. The Balaban J connectivity index is 0.000000151. The van der Waals surface area contributed by atoms with Crippen LogP contribution in [0.2, 0.25) is 0 Å². The molecule has 0 aliphatic carbocycles. The number of nitrogens with zero attached hydrogens (tertiary/aromatic N) is 10. The minimum Gasteiger partial charge on any atom is -0.509 e. The molecule has 9 heterocycles. The molecule has 368 valence electrons. The van der Waals surface area contributed by atoms with Crippen molar-refractivity contribution in [2.45, 2.75) is 0 Å². The number of thiophene rings is 1. The summed E-state index contributed by atoms with van der Waals surface area (Å²) in [5.41, 5.74) is 6.38. The fourth-order valence-electron chi connectivity index (χ4n) is 9.40. The van der Waals surface area contributed by atoms with E-state index in [1.165, 1.54) is 0 Å². The van der Waals surface area contributed by atoms with Crippen LogP contribution in [0.5, 0.6) is 23.0 Å². The third kappa shape index (κ3) is 8.88. The summed E-state index contributed by atoms with van der Waals surface area (Å²) in [6.45, 7) is 0. The first-order chi connectivity index (χ1) is 36.6. The van der Waals surface area contributed by atoms with Gasteiger partial charge in [0.05, 0.1) is 0 Å². The summed E-state index contributed by atoms with van der Waals surface area (Å²) in [6, 6.07) is 71.6. The first-order valence-electron chi connectivity index (χ1n) is 23.7. The summed E-state index contributed by atoms with van der Waals surface area (Å²) in [5.74, 6) is 4.87. The molecular formula is C61H36N10O2Pt2S. The summed E-state index contributed by atoms with van der Waals surface area (Å²) in [4.78, 5) is 14.6. The maximum Gasteiger partial charge on any atom is 2.00 e. The van der Waals surface area contributed by atoms with Gasteiger partial charge in [-0.2, -0.15) is 34.5 Å². The van der Waals surface area contributed by atoms with Crippen LogP contribution in [0.25, 0.3) is 93.7 Å². The van der Waals surface area contributed by atoms with Crippen LogP contribution in [-0.2, 0) is 42.1 Å². The topological polar surface area (TPSA) is 108 Å². The average molecular weight is 1360 g/mol. The number of hydrogen-bond acceptors (Lipinski definition) is 8. The molecule has 0 bridgehead atoms. The number of rotatable bonds is 9. The third-order valence-corrected chi connectivity index (χ3v) is 13.5. The van der Waals surface area contributed by atoms with Gasteiger partial charge in [0.15, 0.2) is 5.65 Å². The molecule has 9 aromatic heterocycles. The smallest absolute Gasteiger partial charge is 0.509 e. The van der Waals surface area contributed by atoms with Crippen molar-refractivity contribution in [2.24, 2.45) is 0 Å². The molecule has 0 N–H and O–H groups in total.